The third-order valence-corrected chi connectivity index (χ3v) is 4.28. The molecule has 0 radical (unpaired) electrons. The van der Waals surface area contributed by atoms with Gasteiger partial charge in [-0.1, -0.05) is 17.7 Å². The molecule has 0 bridgehead atoms. The van der Waals surface area contributed by atoms with Gasteiger partial charge in [0.2, 0.25) is 5.91 Å². The zero-order valence-corrected chi connectivity index (χ0v) is 15.5. The number of amides is 1. The van der Waals surface area contributed by atoms with Gasteiger partial charge < -0.3 is 10.1 Å². The van der Waals surface area contributed by atoms with E-state index in [2.05, 4.69) is 15.5 Å². The number of hydrogen-bond donors (Lipinski definition) is 1. The first-order chi connectivity index (χ1) is 12.5. The van der Waals surface area contributed by atoms with Crippen LogP contribution in [0.3, 0.4) is 0 Å². The highest BCUT2D eigenvalue weighted by Crippen LogP contribution is 2.22. The second kappa shape index (κ2) is 8.19. The van der Waals surface area contributed by atoms with Crippen LogP contribution in [0.2, 0.25) is 5.02 Å². The van der Waals surface area contributed by atoms with Crippen molar-refractivity contribution in [2.45, 2.75) is 32.7 Å². The first kappa shape index (κ1) is 18.2. The minimum atomic E-state index is -0.223. The molecule has 0 unspecified atom stereocenters. The van der Waals surface area contributed by atoms with E-state index in [1.54, 1.807) is 6.07 Å². The molecule has 0 fully saturated rings. The van der Waals surface area contributed by atoms with Gasteiger partial charge in [-0.3, -0.25) is 9.20 Å². The number of nitrogens with one attached hydrogen (secondary N) is 1. The molecule has 0 saturated heterocycles. The topological polar surface area (TPSA) is 68.5 Å². The molecule has 1 amide bonds. The second-order valence-electron chi connectivity index (χ2n) is 6.14. The van der Waals surface area contributed by atoms with Crippen molar-refractivity contribution in [3.8, 4) is 5.75 Å². The van der Waals surface area contributed by atoms with Gasteiger partial charge in [0, 0.05) is 17.6 Å². The van der Waals surface area contributed by atoms with E-state index in [-0.39, 0.29) is 11.9 Å². The average Bonchev–Trinajstić information content (AvgIpc) is 3.04. The standard InChI is InChI=1S/C19H21ClN4O2/c1-13-12-15(20)8-9-16(13)26-11-5-7-18(25)21-14(2)19-23-22-17-6-3-4-10-24(17)19/h3-4,6,8-10,12,14H,5,7,11H2,1-2H3,(H,21,25)/t14-/m0/s1. The fourth-order valence-corrected chi connectivity index (χ4v) is 2.95. The maximum Gasteiger partial charge on any atom is 0.220 e. The number of hydrogen-bond acceptors (Lipinski definition) is 4. The van der Waals surface area contributed by atoms with Crippen molar-refractivity contribution >= 4 is 23.2 Å². The van der Waals surface area contributed by atoms with Crippen molar-refractivity contribution < 1.29 is 9.53 Å². The van der Waals surface area contributed by atoms with Crippen molar-refractivity contribution in [1.29, 1.82) is 0 Å². The predicted molar refractivity (Wildman–Crippen MR) is 100 cm³/mol. The highest BCUT2D eigenvalue weighted by atomic mass is 35.5. The molecule has 2 heterocycles. The Bertz CT molecular complexity index is 909. The van der Waals surface area contributed by atoms with Gasteiger partial charge in [-0.15, -0.1) is 10.2 Å². The summed E-state index contributed by atoms with van der Waals surface area (Å²) in [6.45, 7) is 4.31. The second-order valence-corrected chi connectivity index (χ2v) is 6.57. The monoisotopic (exact) mass is 372 g/mol. The van der Waals surface area contributed by atoms with Crippen LogP contribution in [0.15, 0.2) is 42.6 Å². The van der Waals surface area contributed by atoms with Gasteiger partial charge in [0.15, 0.2) is 11.5 Å². The number of aryl methyl sites for hydroxylation is 1. The van der Waals surface area contributed by atoms with Crippen LogP contribution in [0.5, 0.6) is 5.75 Å². The summed E-state index contributed by atoms with van der Waals surface area (Å²) in [5.74, 6) is 1.46. The Kier molecular flexibility index (Phi) is 5.73. The van der Waals surface area contributed by atoms with Gasteiger partial charge in [-0.05, 0) is 56.2 Å². The molecular weight excluding hydrogens is 352 g/mol. The molecule has 0 aliphatic heterocycles. The fraction of sp³-hybridized carbons (Fsp3) is 0.316. The minimum absolute atomic E-state index is 0.0402. The maximum absolute atomic E-state index is 12.2. The Morgan fingerprint density at radius 2 is 2.15 bits per heavy atom. The molecule has 6 nitrogen and oxygen atoms in total. The average molecular weight is 373 g/mol. The molecule has 2 aromatic heterocycles. The van der Waals surface area contributed by atoms with E-state index >= 15 is 0 Å². The van der Waals surface area contributed by atoms with E-state index in [0.29, 0.717) is 30.3 Å². The molecule has 0 aliphatic rings. The largest absolute Gasteiger partial charge is 0.493 e. The fourth-order valence-electron chi connectivity index (χ4n) is 2.72. The van der Waals surface area contributed by atoms with Crippen LogP contribution < -0.4 is 10.1 Å². The quantitative estimate of drug-likeness (QED) is 0.641. The van der Waals surface area contributed by atoms with Crippen LogP contribution in [-0.2, 0) is 4.79 Å². The summed E-state index contributed by atoms with van der Waals surface area (Å²) in [4.78, 5) is 12.2. The van der Waals surface area contributed by atoms with E-state index in [9.17, 15) is 4.79 Å². The summed E-state index contributed by atoms with van der Waals surface area (Å²) in [6.07, 6.45) is 2.89. The predicted octanol–water partition coefficient (Wildman–Crippen LogP) is 3.73. The molecule has 1 atom stereocenters. The molecular formula is C19H21ClN4O2. The van der Waals surface area contributed by atoms with Crippen LogP contribution >= 0.6 is 11.6 Å². The van der Waals surface area contributed by atoms with Crippen molar-refractivity contribution in [1.82, 2.24) is 19.9 Å². The number of pyridine rings is 1. The molecule has 1 aromatic carbocycles. The highest BCUT2D eigenvalue weighted by Gasteiger charge is 2.15. The minimum Gasteiger partial charge on any atom is -0.493 e. The van der Waals surface area contributed by atoms with Crippen molar-refractivity contribution in [2.75, 3.05) is 6.61 Å². The first-order valence-corrected chi connectivity index (χ1v) is 8.90. The number of rotatable bonds is 7. The number of nitrogens with zero attached hydrogens (tertiary/aromatic N) is 3. The first-order valence-electron chi connectivity index (χ1n) is 8.52. The molecule has 3 aromatic rings. The van der Waals surface area contributed by atoms with Crippen LogP contribution in [0.1, 0.15) is 37.2 Å². The van der Waals surface area contributed by atoms with Crippen molar-refractivity contribution in [3.05, 3.63) is 59.0 Å². The lowest BCUT2D eigenvalue weighted by atomic mass is 10.2. The van der Waals surface area contributed by atoms with E-state index in [0.717, 1.165) is 17.0 Å². The SMILES string of the molecule is Cc1cc(Cl)ccc1OCCCC(=O)N[C@@H](C)c1nnc2ccccn12. The van der Waals surface area contributed by atoms with Crippen LogP contribution in [0.25, 0.3) is 5.65 Å². The van der Waals surface area contributed by atoms with Gasteiger partial charge in [-0.25, -0.2) is 0 Å². The van der Waals surface area contributed by atoms with Crippen molar-refractivity contribution in [2.24, 2.45) is 0 Å². The molecule has 0 aliphatic carbocycles. The van der Waals surface area contributed by atoms with Gasteiger partial charge >= 0.3 is 0 Å². The van der Waals surface area contributed by atoms with Crippen LogP contribution in [0, 0.1) is 6.92 Å². The number of benzene rings is 1. The van der Waals surface area contributed by atoms with Crippen molar-refractivity contribution in [3.63, 3.8) is 0 Å². The van der Waals surface area contributed by atoms with E-state index < -0.39 is 0 Å². The zero-order chi connectivity index (χ0) is 18.5. The molecule has 136 valence electrons. The van der Waals surface area contributed by atoms with Gasteiger partial charge in [0.1, 0.15) is 5.75 Å². The van der Waals surface area contributed by atoms with E-state index in [1.807, 2.05) is 54.8 Å². The Balaban J connectivity index is 1.46. The number of aromatic nitrogens is 3. The van der Waals surface area contributed by atoms with Crippen LogP contribution in [-0.4, -0.2) is 27.1 Å². The Labute approximate surface area is 157 Å². The van der Waals surface area contributed by atoms with Gasteiger partial charge in [0.25, 0.3) is 0 Å². The summed E-state index contributed by atoms with van der Waals surface area (Å²) in [7, 11) is 0. The number of carbonyl (C=O) groups is 1. The Morgan fingerprint density at radius 3 is 2.96 bits per heavy atom. The summed E-state index contributed by atoms with van der Waals surface area (Å²) < 4.78 is 7.58. The maximum atomic E-state index is 12.2. The van der Waals surface area contributed by atoms with Gasteiger partial charge in [-0.2, -0.15) is 0 Å². The lowest BCUT2D eigenvalue weighted by Crippen LogP contribution is -2.28. The van der Waals surface area contributed by atoms with Crippen LogP contribution in [0.4, 0.5) is 0 Å². The lowest BCUT2D eigenvalue weighted by molar-refractivity contribution is -0.122. The Morgan fingerprint density at radius 1 is 1.31 bits per heavy atom. The number of fused-ring (bicyclic) bond motifs is 1. The smallest absolute Gasteiger partial charge is 0.220 e. The molecule has 26 heavy (non-hydrogen) atoms. The molecule has 1 N–H and O–H groups in total. The zero-order valence-electron chi connectivity index (χ0n) is 14.8. The molecule has 7 heteroatoms. The summed E-state index contributed by atoms with van der Waals surface area (Å²) in [5.41, 5.74) is 1.74. The molecule has 0 spiro atoms. The van der Waals surface area contributed by atoms with E-state index in [1.165, 1.54) is 0 Å². The summed E-state index contributed by atoms with van der Waals surface area (Å²) >= 11 is 5.93. The molecule has 3 rings (SSSR count). The lowest BCUT2D eigenvalue weighted by Gasteiger charge is -2.13. The Hall–Kier alpha value is -2.60. The van der Waals surface area contributed by atoms with E-state index in [4.69, 9.17) is 16.3 Å². The highest BCUT2D eigenvalue weighted by molar-refractivity contribution is 6.30. The summed E-state index contributed by atoms with van der Waals surface area (Å²) in [5, 5.41) is 11.9. The summed E-state index contributed by atoms with van der Waals surface area (Å²) in [6, 6.07) is 11.0. The number of halogens is 1. The number of ether oxygens (including phenoxy) is 1. The normalized spacial score (nSPS) is 12.1. The third-order valence-electron chi connectivity index (χ3n) is 4.05. The number of carbonyl (C=O) groups excluding carboxylic acids is 1. The third kappa shape index (κ3) is 4.32. The van der Waals surface area contributed by atoms with Gasteiger partial charge in [0.05, 0.1) is 12.6 Å². The molecule has 0 saturated carbocycles.